The van der Waals surface area contributed by atoms with E-state index >= 15 is 0 Å². The van der Waals surface area contributed by atoms with Crippen LogP contribution in [-0.2, 0) is 6.54 Å². The summed E-state index contributed by atoms with van der Waals surface area (Å²) in [6.45, 7) is 0.417. The first-order chi connectivity index (χ1) is 12.1. The van der Waals surface area contributed by atoms with E-state index in [1.165, 1.54) is 0 Å². The average Bonchev–Trinajstić information content (AvgIpc) is 2.67. The van der Waals surface area contributed by atoms with Gasteiger partial charge in [-0.25, -0.2) is 4.98 Å². The van der Waals surface area contributed by atoms with Crippen LogP contribution in [0, 0.1) is 0 Å². The molecule has 1 aromatic heterocycles. The Morgan fingerprint density at radius 3 is 2.60 bits per heavy atom. The molecule has 1 amide bonds. The second-order valence-corrected chi connectivity index (χ2v) is 5.73. The number of para-hydroxylation sites is 1. The van der Waals surface area contributed by atoms with Gasteiger partial charge in [0.25, 0.3) is 5.91 Å². The van der Waals surface area contributed by atoms with E-state index in [9.17, 15) is 4.79 Å². The summed E-state index contributed by atoms with van der Waals surface area (Å²) in [6, 6.07) is 17.0. The Labute approximate surface area is 146 Å². The lowest BCUT2D eigenvalue weighted by molar-refractivity contribution is 0.0779. The molecule has 0 saturated heterocycles. The summed E-state index contributed by atoms with van der Waals surface area (Å²) >= 11 is 0. The molecule has 0 N–H and O–H groups in total. The Hall–Kier alpha value is -3.08. The normalized spacial score (nSPS) is 10.5. The largest absolute Gasteiger partial charge is 0.497 e. The fourth-order valence-electron chi connectivity index (χ4n) is 2.69. The second kappa shape index (κ2) is 7.21. The standard InChI is InChI=1S/C20H20N2O3/c1-22(13-15-8-10-16(24-2)12-19(15)25-3)20(23)18-11-9-14-6-4-5-7-17(14)21-18/h4-12H,13H2,1-3H3. The van der Waals surface area contributed by atoms with Gasteiger partial charge in [0.05, 0.1) is 19.7 Å². The van der Waals surface area contributed by atoms with Gasteiger partial charge in [0, 0.05) is 30.6 Å². The predicted octanol–water partition coefficient (Wildman–Crippen LogP) is 3.52. The minimum absolute atomic E-state index is 0.136. The molecule has 5 nitrogen and oxygen atoms in total. The minimum atomic E-state index is -0.136. The molecular weight excluding hydrogens is 316 g/mol. The summed E-state index contributed by atoms with van der Waals surface area (Å²) < 4.78 is 10.6. The van der Waals surface area contributed by atoms with Crippen molar-refractivity contribution in [2.75, 3.05) is 21.3 Å². The number of hydrogen-bond donors (Lipinski definition) is 0. The van der Waals surface area contributed by atoms with Crippen molar-refractivity contribution in [3.8, 4) is 11.5 Å². The number of rotatable bonds is 5. The van der Waals surface area contributed by atoms with Crippen LogP contribution in [0.25, 0.3) is 10.9 Å². The van der Waals surface area contributed by atoms with Crippen LogP contribution in [0.1, 0.15) is 16.1 Å². The highest BCUT2D eigenvalue weighted by molar-refractivity contribution is 5.94. The van der Waals surface area contributed by atoms with Crippen molar-refractivity contribution in [3.05, 3.63) is 65.9 Å². The zero-order valence-electron chi connectivity index (χ0n) is 14.5. The molecule has 5 heteroatoms. The van der Waals surface area contributed by atoms with Gasteiger partial charge in [-0.1, -0.05) is 24.3 Å². The van der Waals surface area contributed by atoms with Crippen LogP contribution in [0.15, 0.2) is 54.6 Å². The number of ether oxygens (including phenoxy) is 2. The maximum atomic E-state index is 12.7. The highest BCUT2D eigenvalue weighted by Gasteiger charge is 2.16. The number of nitrogens with zero attached hydrogens (tertiary/aromatic N) is 2. The predicted molar refractivity (Wildman–Crippen MR) is 97.1 cm³/mol. The summed E-state index contributed by atoms with van der Waals surface area (Å²) in [7, 11) is 4.96. The highest BCUT2D eigenvalue weighted by Crippen LogP contribution is 2.26. The molecule has 128 valence electrons. The molecule has 1 heterocycles. The number of carbonyl (C=O) groups excluding carboxylic acids is 1. The maximum Gasteiger partial charge on any atom is 0.272 e. The third kappa shape index (κ3) is 3.55. The highest BCUT2D eigenvalue weighted by atomic mass is 16.5. The zero-order valence-corrected chi connectivity index (χ0v) is 14.5. The molecule has 0 fully saturated rings. The van der Waals surface area contributed by atoms with Gasteiger partial charge in [-0.05, 0) is 24.3 Å². The van der Waals surface area contributed by atoms with Crippen LogP contribution >= 0.6 is 0 Å². The van der Waals surface area contributed by atoms with E-state index in [-0.39, 0.29) is 5.91 Å². The van der Waals surface area contributed by atoms with Gasteiger partial charge in [-0.15, -0.1) is 0 Å². The lowest BCUT2D eigenvalue weighted by atomic mass is 10.1. The van der Waals surface area contributed by atoms with Crippen LogP contribution in [0.4, 0.5) is 0 Å². The second-order valence-electron chi connectivity index (χ2n) is 5.73. The number of methoxy groups -OCH3 is 2. The molecule has 0 aliphatic heterocycles. The van der Waals surface area contributed by atoms with E-state index in [2.05, 4.69) is 4.98 Å². The first-order valence-corrected chi connectivity index (χ1v) is 7.94. The van der Waals surface area contributed by atoms with Gasteiger partial charge >= 0.3 is 0 Å². The summed E-state index contributed by atoms with van der Waals surface area (Å²) in [5.41, 5.74) is 2.14. The van der Waals surface area contributed by atoms with Gasteiger partial charge in [-0.2, -0.15) is 0 Å². The maximum absolute atomic E-state index is 12.7. The number of pyridine rings is 1. The smallest absolute Gasteiger partial charge is 0.272 e. The lowest BCUT2D eigenvalue weighted by Crippen LogP contribution is -2.27. The first-order valence-electron chi connectivity index (χ1n) is 7.94. The number of aromatic nitrogens is 1. The molecule has 0 atom stereocenters. The molecule has 0 unspecified atom stereocenters. The van der Waals surface area contributed by atoms with Crippen molar-refractivity contribution in [3.63, 3.8) is 0 Å². The fraction of sp³-hybridized carbons (Fsp3) is 0.200. The molecule has 3 rings (SSSR count). The summed E-state index contributed by atoms with van der Waals surface area (Å²) in [6.07, 6.45) is 0. The Morgan fingerprint density at radius 1 is 1.04 bits per heavy atom. The molecule has 0 saturated carbocycles. The van der Waals surface area contributed by atoms with E-state index < -0.39 is 0 Å². The fourth-order valence-corrected chi connectivity index (χ4v) is 2.69. The number of carbonyl (C=O) groups is 1. The topological polar surface area (TPSA) is 51.7 Å². The van der Waals surface area contributed by atoms with Gasteiger partial charge in [-0.3, -0.25) is 4.79 Å². The SMILES string of the molecule is COc1ccc(CN(C)C(=O)c2ccc3ccccc3n2)c(OC)c1. The number of fused-ring (bicyclic) bond motifs is 1. The molecule has 25 heavy (non-hydrogen) atoms. The van der Waals surface area contributed by atoms with Crippen LogP contribution in [0.5, 0.6) is 11.5 Å². The first kappa shape index (κ1) is 16.8. The molecule has 2 aromatic carbocycles. The quantitative estimate of drug-likeness (QED) is 0.715. The van der Waals surface area contributed by atoms with Gasteiger partial charge < -0.3 is 14.4 Å². The van der Waals surface area contributed by atoms with Crippen LogP contribution in [0.2, 0.25) is 0 Å². The van der Waals surface area contributed by atoms with E-state index in [0.29, 0.717) is 23.7 Å². The summed E-state index contributed by atoms with van der Waals surface area (Å²) in [5.74, 6) is 1.26. The summed E-state index contributed by atoms with van der Waals surface area (Å²) in [5, 5.41) is 1.01. The summed E-state index contributed by atoms with van der Waals surface area (Å²) in [4.78, 5) is 18.8. The van der Waals surface area contributed by atoms with E-state index in [1.807, 2.05) is 48.5 Å². The number of hydrogen-bond acceptors (Lipinski definition) is 4. The lowest BCUT2D eigenvalue weighted by Gasteiger charge is -2.19. The van der Waals surface area contributed by atoms with Crippen molar-refractivity contribution in [2.24, 2.45) is 0 Å². The van der Waals surface area contributed by atoms with E-state index in [4.69, 9.17) is 9.47 Å². The van der Waals surface area contributed by atoms with Crippen LogP contribution < -0.4 is 9.47 Å². The number of amides is 1. The van der Waals surface area contributed by atoms with Crippen molar-refractivity contribution in [1.29, 1.82) is 0 Å². The van der Waals surface area contributed by atoms with Crippen molar-refractivity contribution in [2.45, 2.75) is 6.54 Å². The molecule has 0 aliphatic carbocycles. The van der Waals surface area contributed by atoms with E-state index in [1.54, 1.807) is 32.2 Å². The van der Waals surface area contributed by atoms with Crippen molar-refractivity contribution < 1.29 is 14.3 Å². The van der Waals surface area contributed by atoms with Crippen LogP contribution in [0.3, 0.4) is 0 Å². The molecular formula is C20H20N2O3. The molecule has 3 aromatic rings. The average molecular weight is 336 g/mol. The minimum Gasteiger partial charge on any atom is -0.497 e. The molecule has 0 bridgehead atoms. The Kier molecular flexibility index (Phi) is 4.84. The number of benzene rings is 2. The third-order valence-electron chi connectivity index (χ3n) is 4.07. The monoisotopic (exact) mass is 336 g/mol. The Bertz CT molecular complexity index is 908. The Balaban J connectivity index is 1.82. The van der Waals surface area contributed by atoms with E-state index in [0.717, 1.165) is 16.5 Å². The van der Waals surface area contributed by atoms with Gasteiger partial charge in [0.2, 0.25) is 0 Å². The van der Waals surface area contributed by atoms with Crippen molar-refractivity contribution >= 4 is 16.8 Å². The third-order valence-corrected chi connectivity index (χ3v) is 4.07. The van der Waals surface area contributed by atoms with Gasteiger partial charge in [0.15, 0.2) is 0 Å². The van der Waals surface area contributed by atoms with Gasteiger partial charge in [0.1, 0.15) is 17.2 Å². The molecule has 0 spiro atoms. The molecule has 0 aliphatic rings. The van der Waals surface area contributed by atoms with Crippen molar-refractivity contribution in [1.82, 2.24) is 9.88 Å². The van der Waals surface area contributed by atoms with Crippen LogP contribution in [-0.4, -0.2) is 37.1 Å². The molecule has 0 radical (unpaired) electrons. The Morgan fingerprint density at radius 2 is 1.84 bits per heavy atom. The zero-order chi connectivity index (χ0) is 17.8.